The van der Waals surface area contributed by atoms with Crippen LogP contribution in [-0.4, -0.2) is 25.2 Å². The van der Waals surface area contributed by atoms with E-state index in [2.05, 4.69) is 20.5 Å². The molecule has 0 aliphatic rings. The quantitative estimate of drug-likeness (QED) is 0.601. The number of aromatic nitrogens is 5. The van der Waals surface area contributed by atoms with Crippen LogP contribution in [0.25, 0.3) is 16.9 Å². The summed E-state index contributed by atoms with van der Waals surface area (Å²) < 4.78 is 7.05. The van der Waals surface area contributed by atoms with Crippen LogP contribution in [0.4, 0.5) is 0 Å². The molecule has 0 atom stereocenters. The van der Waals surface area contributed by atoms with Crippen LogP contribution < -0.4 is 10.4 Å². The molecule has 2 heterocycles. The van der Waals surface area contributed by atoms with E-state index in [-0.39, 0.29) is 6.61 Å². The van der Waals surface area contributed by atoms with E-state index >= 15 is 0 Å². The van der Waals surface area contributed by atoms with Gasteiger partial charge in [0.1, 0.15) is 6.61 Å². The second-order valence-corrected chi connectivity index (χ2v) is 5.56. The predicted octanol–water partition coefficient (Wildman–Crippen LogP) is 2.60. The monoisotopic (exact) mass is 345 g/mol. The Balaban J connectivity index is 1.58. The van der Waals surface area contributed by atoms with Gasteiger partial charge in [-0.3, -0.25) is 0 Å². The highest BCUT2D eigenvalue weighted by molar-refractivity contribution is 5.59. The first-order valence-corrected chi connectivity index (χ1v) is 8.05. The van der Waals surface area contributed by atoms with E-state index in [1.807, 2.05) is 60.7 Å². The summed E-state index contributed by atoms with van der Waals surface area (Å²) in [5, 5.41) is 9.59. The van der Waals surface area contributed by atoms with Crippen molar-refractivity contribution < 1.29 is 4.74 Å². The molecule has 0 radical (unpaired) electrons. The number of hydrogen-bond donors (Lipinski definition) is 1. The molecule has 0 unspecified atom stereocenters. The second-order valence-electron chi connectivity index (χ2n) is 5.56. The summed E-state index contributed by atoms with van der Waals surface area (Å²) in [6.45, 7) is 0.251. The second kappa shape index (κ2) is 7.02. The fraction of sp³-hybridized carbons (Fsp3) is 0.0526. The van der Waals surface area contributed by atoms with Gasteiger partial charge in [-0.25, -0.2) is 14.9 Å². The van der Waals surface area contributed by atoms with Gasteiger partial charge in [0.25, 0.3) is 0 Å². The molecule has 0 amide bonds. The lowest BCUT2D eigenvalue weighted by Gasteiger charge is -2.10. The Morgan fingerprint density at radius 1 is 0.923 bits per heavy atom. The van der Waals surface area contributed by atoms with Crippen LogP contribution in [0.2, 0.25) is 0 Å². The largest absolute Gasteiger partial charge is 0.473 e. The third-order valence-corrected chi connectivity index (χ3v) is 3.86. The van der Waals surface area contributed by atoms with E-state index in [1.165, 1.54) is 4.68 Å². The summed E-state index contributed by atoms with van der Waals surface area (Å²) in [6.07, 6.45) is 0. The van der Waals surface area contributed by atoms with Crippen LogP contribution in [0.1, 0.15) is 5.56 Å². The summed E-state index contributed by atoms with van der Waals surface area (Å²) in [7, 11) is 0. The molecule has 0 aliphatic heterocycles. The van der Waals surface area contributed by atoms with Gasteiger partial charge < -0.3 is 4.74 Å². The molecule has 128 valence electrons. The Kier molecular flexibility index (Phi) is 4.26. The highest BCUT2D eigenvalue weighted by Crippen LogP contribution is 2.20. The van der Waals surface area contributed by atoms with Crippen molar-refractivity contribution in [1.29, 1.82) is 0 Å². The third-order valence-electron chi connectivity index (χ3n) is 3.86. The molecule has 7 nitrogen and oxygen atoms in total. The van der Waals surface area contributed by atoms with Gasteiger partial charge in [-0.1, -0.05) is 54.6 Å². The van der Waals surface area contributed by atoms with Crippen LogP contribution in [0.15, 0.2) is 77.6 Å². The van der Waals surface area contributed by atoms with Crippen LogP contribution in [0.3, 0.4) is 0 Å². The highest BCUT2D eigenvalue weighted by atomic mass is 16.5. The maximum absolute atomic E-state index is 11.8. The van der Waals surface area contributed by atoms with Crippen molar-refractivity contribution in [2.75, 3.05) is 0 Å². The molecule has 4 aromatic rings. The summed E-state index contributed by atoms with van der Waals surface area (Å²) >= 11 is 0. The first-order chi connectivity index (χ1) is 12.8. The summed E-state index contributed by atoms with van der Waals surface area (Å²) in [4.78, 5) is 16.3. The van der Waals surface area contributed by atoms with Crippen molar-refractivity contribution >= 4 is 0 Å². The fourth-order valence-electron chi connectivity index (χ4n) is 2.61. The molecule has 0 spiro atoms. The third kappa shape index (κ3) is 3.23. The lowest BCUT2D eigenvalue weighted by atomic mass is 10.1. The van der Waals surface area contributed by atoms with Crippen molar-refractivity contribution in [2.45, 2.75) is 6.61 Å². The van der Waals surface area contributed by atoms with Crippen molar-refractivity contribution in [2.24, 2.45) is 0 Å². The van der Waals surface area contributed by atoms with Crippen molar-refractivity contribution in [3.05, 3.63) is 88.8 Å². The molecule has 2 aromatic carbocycles. The van der Waals surface area contributed by atoms with E-state index in [1.54, 1.807) is 12.1 Å². The number of benzene rings is 2. The summed E-state index contributed by atoms with van der Waals surface area (Å²) in [6, 6.07) is 22.9. The van der Waals surface area contributed by atoms with Gasteiger partial charge in [-0.15, -0.1) is 0 Å². The van der Waals surface area contributed by atoms with E-state index in [0.29, 0.717) is 11.6 Å². The van der Waals surface area contributed by atoms with Gasteiger partial charge in [-0.2, -0.15) is 4.68 Å². The molecule has 0 fully saturated rings. The summed E-state index contributed by atoms with van der Waals surface area (Å²) in [5.74, 6) is 0.508. The molecule has 0 saturated heterocycles. The lowest BCUT2D eigenvalue weighted by Crippen LogP contribution is -2.18. The Labute approximate surface area is 148 Å². The first kappa shape index (κ1) is 15.8. The van der Waals surface area contributed by atoms with E-state index < -0.39 is 5.69 Å². The van der Waals surface area contributed by atoms with Gasteiger partial charge in [0.05, 0.1) is 11.4 Å². The number of ether oxygens (including phenoxy) is 1. The number of nitrogens with zero attached hydrogens (tertiary/aromatic N) is 4. The molecule has 7 heteroatoms. The van der Waals surface area contributed by atoms with Crippen molar-refractivity contribution in [3.8, 4) is 22.8 Å². The number of nitrogens with one attached hydrogen (secondary N) is 1. The lowest BCUT2D eigenvalue weighted by molar-refractivity contribution is 0.293. The maximum Gasteiger partial charge on any atom is 0.365 e. The summed E-state index contributed by atoms with van der Waals surface area (Å²) in [5.41, 5.74) is 2.87. The van der Waals surface area contributed by atoms with E-state index in [9.17, 15) is 4.79 Å². The number of rotatable bonds is 5. The minimum absolute atomic E-state index is 0.251. The van der Waals surface area contributed by atoms with Crippen LogP contribution in [0, 0.1) is 0 Å². The molecular weight excluding hydrogens is 330 g/mol. The van der Waals surface area contributed by atoms with Gasteiger partial charge in [-0.05, 0) is 22.6 Å². The number of H-pyrrole nitrogens is 1. The molecule has 0 aliphatic carbocycles. The SMILES string of the molecule is O=c1[nH]nnn1-c1ccccc1COc1cccc(-c2ccccc2)n1. The Hall–Kier alpha value is -3.74. The zero-order valence-electron chi connectivity index (χ0n) is 13.7. The number of aromatic amines is 1. The van der Waals surface area contributed by atoms with Crippen molar-refractivity contribution in [3.63, 3.8) is 0 Å². The Bertz CT molecular complexity index is 1070. The normalized spacial score (nSPS) is 10.6. The average Bonchev–Trinajstić information content (AvgIpc) is 3.13. The predicted molar refractivity (Wildman–Crippen MR) is 96.0 cm³/mol. The zero-order chi connectivity index (χ0) is 17.8. The molecule has 1 N–H and O–H groups in total. The number of hydrogen-bond acceptors (Lipinski definition) is 5. The topological polar surface area (TPSA) is 85.7 Å². The van der Waals surface area contributed by atoms with Crippen LogP contribution in [-0.2, 0) is 6.61 Å². The van der Waals surface area contributed by atoms with Gasteiger partial charge in [0.2, 0.25) is 5.88 Å². The minimum atomic E-state index is -0.401. The van der Waals surface area contributed by atoms with E-state index in [4.69, 9.17) is 4.74 Å². The minimum Gasteiger partial charge on any atom is -0.473 e. The highest BCUT2D eigenvalue weighted by Gasteiger charge is 2.10. The zero-order valence-corrected chi connectivity index (χ0v) is 13.7. The molecule has 2 aromatic heterocycles. The fourth-order valence-corrected chi connectivity index (χ4v) is 2.61. The molecule has 26 heavy (non-hydrogen) atoms. The van der Waals surface area contributed by atoms with Crippen molar-refractivity contribution in [1.82, 2.24) is 25.2 Å². The van der Waals surface area contributed by atoms with Crippen LogP contribution >= 0.6 is 0 Å². The number of para-hydroxylation sites is 1. The average molecular weight is 345 g/mol. The Morgan fingerprint density at radius 3 is 2.54 bits per heavy atom. The van der Waals surface area contributed by atoms with Gasteiger partial charge in [0.15, 0.2) is 0 Å². The van der Waals surface area contributed by atoms with Crippen LogP contribution in [0.5, 0.6) is 5.88 Å². The first-order valence-electron chi connectivity index (χ1n) is 8.05. The standard InChI is InChI=1S/C19H15N5O2/c25-19-21-22-23-24(19)17-11-5-4-9-15(17)13-26-18-12-6-10-16(20-18)14-7-2-1-3-8-14/h1-12H,13H2,(H,21,23,25). The number of pyridine rings is 1. The van der Waals surface area contributed by atoms with E-state index in [0.717, 1.165) is 16.8 Å². The number of tetrazole rings is 1. The van der Waals surface area contributed by atoms with Gasteiger partial charge >= 0.3 is 5.69 Å². The van der Waals surface area contributed by atoms with Gasteiger partial charge in [0, 0.05) is 17.2 Å². The molecular formula is C19H15N5O2. The molecule has 4 rings (SSSR count). The Morgan fingerprint density at radius 2 is 1.73 bits per heavy atom. The molecule has 0 bridgehead atoms. The maximum atomic E-state index is 11.8. The smallest absolute Gasteiger partial charge is 0.365 e. The molecule has 0 saturated carbocycles.